The molecule has 1 saturated heterocycles. The van der Waals surface area contributed by atoms with E-state index in [0.29, 0.717) is 24.1 Å². The molecule has 2 rings (SSSR count). The van der Waals surface area contributed by atoms with Crippen LogP contribution < -0.4 is 9.47 Å². The van der Waals surface area contributed by atoms with Gasteiger partial charge in [-0.15, -0.1) is 19.0 Å². The van der Waals surface area contributed by atoms with Crippen molar-refractivity contribution >= 4 is 12.4 Å². The highest BCUT2D eigenvalue weighted by molar-refractivity contribution is 5.85. The van der Waals surface area contributed by atoms with Crippen LogP contribution in [0.1, 0.15) is 31.7 Å². The van der Waals surface area contributed by atoms with Gasteiger partial charge in [0, 0.05) is 12.6 Å². The zero-order chi connectivity index (χ0) is 16.7. The third-order valence-corrected chi connectivity index (χ3v) is 4.43. The first-order valence-corrected chi connectivity index (χ1v) is 8.46. The van der Waals surface area contributed by atoms with Crippen LogP contribution in [0.15, 0.2) is 30.9 Å². The van der Waals surface area contributed by atoms with Crippen LogP contribution in [0.25, 0.3) is 0 Å². The molecule has 1 aliphatic rings. The lowest BCUT2D eigenvalue weighted by atomic mass is 10.0. The van der Waals surface area contributed by atoms with Gasteiger partial charge in [-0.2, -0.15) is 0 Å². The summed E-state index contributed by atoms with van der Waals surface area (Å²) in [5, 5.41) is 10.3. The molecule has 0 bridgehead atoms. The fraction of sp³-hybridized carbons (Fsp3) is 0.579. The Kier molecular flexibility index (Phi) is 9.19. The minimum absolute atomic E-state index is 0. The van der Waals surface area contributed by atoms with E-state index in [9.17, 15) is 5.11 Å². The van der Waals surface area contributed by atoms with Crippen molar-refractivity contribution in [2.45, 2.75) is 44.8 Å². The molecular weight excluding hydrogens is 326 g/mol. The summed E-state index contributed by atoms with van der Waals surface area (Å²) >= 11 is 0. The maximum atomic E-state index is 10.3. The van der Waals surface area contributed by atoms with Gasteiger partial charge in [0.25, 0.3) is 0 Å². The van der Waals surface area contributed by atoms with Gasteiger partial charge in [-0.05, 0) is 50.4 Å². The first-order valence-electron chi connectivity index (χ1n) is 8.46. The predicted octanol–water partition coefficient (Wildman–Crippen LogP) is 3.46. The van der Waals surface area contributed by atoms with Crippen molar-refractivity contribution < 1.29 is 14.6 Å². The fourth-order valence-electron chi connectivity index (χ4n) is 3.06. The number of hydrogen-bond donors (Lipinski definition) is 1. The van der Waals surface area contributed by atoms with Gasteiger partial charge < -0.3 is 14.6 Å². The number of aliphatic hydroxyl groups excluding tert-OH is 1. The number of rotatable bonds is 8. The second kappa shape index (κ2) is 10.6. The van der Waals surface area contributed by atoms with E-state index in [0.717, 1.165) is 18.5 Å². The zero-order valence-electron chi connectivity index (χ0n) is 14.7. The largest absolute Gasteiger partial charge is 0.493 e. The summed E-state index contributed by atoms with van der Waals surface area (Å²) in [5.41, 5.74) is 1.13. The molecule has 24 heavy (non-hydrogen) atoms. The summed E-state index contributed by atoms with van der Waals surface area (Å²) in [6, 6.07) is 6.40. The summed E-state index contributed by atoms with van der Waals surface area (Å²) in [4.78, 5) is 2.35. The van der Waals surface area contributed by atoms with Crippen LogP contribution in [-0.2, 0) is 6.42 Å². The molecule has 0 amide bonds. The van der Waals surface area contributed by atoms with Crippen molar-refractivity contribution in [1.29, 1.82) is 0 Å². The standard InChI is InChI=1S/C19H29NO3.ClH/c1-4-7-16-9-10-18(19(12-16)22-3)23-14-17(21)13-20-11-6-5-8-15(20)2;/h4,9-10,12,15,17,21H,1,5-8,11,13-14H2,2-3H3;1H. The van der Waals surface area contributed by atoms with Gasteiger partial charge in [0.05, 0.1) is 7.11 Å². The predicted molar refractivity (Wildman–Crippen MR) is 101 cm³/mol. The minimum atomic E-state index is -0.492. The lowest BCUT2D eigenvalue weighted by Gasteiger charge is -2.34. The monoisotopic (exact) mass is 355 g/mol. The molecule has 0 aromatic heterocycles. The van der Waals surface area contributed by atoms with E-state index in [1.165, 1.54) is 19.3 Å². The number of ether oxygens (including phenoxy) is 2. The van der Waals surface area contributed by atoms with Crippen LogP contribution in [0.5, 0.6) is 11.5 Å². The summed E-state index contributed by atoms with van der Waals surface area (Å²) in [5.74, 6) is 1.37. The second-order valence-corrected chi connectivity index (χ2v) is 6.28. The SMILES string of the molecule is C=CCc1ccc(OCC(O)CN2CCCCC2C)c(OC)c1.Cl. The molecule has 0 aliphatic carbocycles. The molecule has 0 spiro atoms. The molecule has 136 valence electrons. The van der Waals surface area contributed by atoms with Crippen LogP contribution in [-0.4, -0.2) is 49.0 Å². The maximum absolute atomic E-state index is 10.3. The molecule has 1 aromatic rings. The quantitative estimate of drug-likeness (QED) is 0.725. The highest BCUT2D eigenvalue weighted by atomic mass is 35.5. The van der Waals surface area contributed by atoms with Gasteiger partial charge in [0.1, 0.15) is 12.7 Å². The molecule has 1 aromatic carbocycles. The number of aliphatic hydroxyl groups is 1. The second-order valence-electron chi connectivity index (χ2n) is 6.28. The molecule has 1 fully saturated rings. The number of β-amino-alcohol motifs (C(OH)–C–C–N with tert-alkyl or cyclic N) is 1. The topological polar surface area (TPSA) is 41.9 Å². The van der Waals surface area contributed by atoms with E-state index in [4.69, 9.17) is 9.47 Å². The van der Waals surface area contributed by atoms with E-state index in [1.807, 2.05) is 24.3 Å². The normalized spacial score (nSPS) is 19.2. The number of methoxy groups -OCH3 is 1. The van der Waals surface area contributed by atoms with Crippen LogP contribution in [0.3, 0.4) is 0 Å². The third-order valence-electron chi connectivity index (χ3n) is 4.43. The Balaban J connectivity index is 0.00000288. The maximum Gasteiger partial charge on any atom is 0.161 e. The van der Waals surface area contributed by atoms with E-state index in [1.54, 1.807) is 7.11 Å². The zero-order valence-corrected chi connectivity index (χ0v) is 15.6. The average Bonchev–Trinajstić information content (AvgIpc) is 2.56. The van der Waals surface area contributed by atoms with Crippen LogP contribution >= 0.6 is 12.4 Å². The van der Waals surface area contributed by atoms with Crippen molar-refractivity contribution in [3.05, 3.63) is 36.4 Å². The molecule has 2 atom stereocenters. The van der Waals surface area contributed by atoms with E-state index >= 15 is 0 Å². The Hall–Kier alpha value is -1.23. The molecule has 0 radical (unpaired) electrons. The van der Waals surface area contributed by atoms with Crippen LogP contribution in [0, 0.1) is 0 Å². The summed E-state index contributed by atoms with van der Waals surface area (Å²) in [6.07, 6.45) is 5.89. The number of allylic oxidation sites excluding steroid dienone is 1. The smallest absolute Gasteiger partial charge is 0.161 e. The molecule has 5 heteroatoms. The summed E-state index contributed by atoms with van der Waals surface area (Å²) in [7, 11) is 1.63. The molecular formula is C19H30ClNO3. The van der Waals surface area contributed by atoms with Crippen molar-refractivity contribution in [3.8, 4) is 11.5 Å². The number of benzene rings is 1. The van der Waals surface area contributed by atoms with Crippen LogP contribution in [0.4, 0.5) is 0 Å². The van der Waals surface area contributed by atoms with Crippen molar-refractivity contribution in [2.24, 2.45) is 0 Å². The Morgan fingerprint density at radius 3 is 2.83 bits per heavy atom. The number of piperidine rings is 1. The highest BCUT2D eigenvalue weighted by Gasteiger charge is 2.21. The van der Waals surface area contributed by atoms with E-state index in [-0.39, 0.29) is 19.0 Å². The highest BCUT2D eigenvalue weighted by Crippen LogP contribution is 2.28. The molecule has 1 aliphatic heterocycles. The summed E-state index contributed by atoms with van der Waals surface area (Å²) in [6.45, 7) is 7.99. The van der Waals surface area contributed by atoms with Crippen LogP contribution in [0.2, 0.25) is 0 Å². The lowest BCUT2D eigenvalue weighted by molar-refractivity contribution is 0.0431. The fourth-order valence-corrected chi connectivity index (χ4v) is 3.06. The molecule has 0 saturated carbocycles. The Labute approximate surface area is 151 Å². The van der Waals surface area contributed by atoms with Crippen molar-refractivity contribution in [2.75, 3.05) is 26.8 Å². The first kappa shape index (κ1) is 20.8. The van der Waals surface area contributed by atoms with Crippen molar-refractivity contribution in [3.63, 3.8) is 0 Å². The Bertz CT molecular complexity index is 509. The molecule has 4 nitrogen and oxygen atoms in total. The first-order chi connectivity index (χ1) is 11.1. The lowest BCUT2D eigenvalue weighted by Crippen LogP contribution is -2.43. The van der Waals surface area contributed by atoms with Gasteiger partial charge in [-0.1, -0.05) is 18.6 Å². The van der Waals surface area contributed by atoms with E-state index < -0.39 is 6.10 Å². The van der Waals surface area contributed by atoms with Gasteiger partial charge in [0.2, 0.25) is 0 Å². The number of halogens is 1. The third kappa shape index (κ3) is 6.00. The molecule has 1 N–H and O–H groups in total. The van der Waals surface area contributed by atoms with Gasteiger partial charge >= 0.3 is 0 Å². The van der Waals surface area contributed by atoms with Gasteiger partial charge in [0.15, 0.2) is 11.5 Å². The Morgan fingerprint density at radius 1 is 1.38 bits per heavy atom. The number of likely N-dealkylation sites (tertiary alicyclic amines) is 1. The number of nitrogens with zero attached hydrogens (tertiary/aromatic N) is 1. The average molecular weight is 356 g/mol. The van der Waals surface area contributed by atoms with E-state index in [2.05, 4.69) is 18.4 Å². The minimum Gasteiger partial charge on any atom is -0.493 e. The number of hydrogen-bond acceptors (Lipinski definition) is 4. The molecule has 1 heterocycles. The molecule has 2 unspecified atom stereocenters. The van der Waals surface area contributed by atoms with Gasteiger partial charge in [-0.3, -0.25) is 4.90 Å². The Morgan fingerprint density at radius 2 is 2.17 bits per heavy atom. The van der Waals surface area contributed by atoms with Gasteiger partial charge in [-0.25, -0.2) is 0 Å². The van der Waals surface area contributed by atoms with Crippen molar-refractivity contribution in [1.82, 2.24) is 4.90 Å². The summed E-state index contributed by atoms with van der Waals surface area (Å²) < 4.78 is 11.2.